The maximum atomic E-state index is 7.00. The second kappa shape index (κ2) is 12.3. The van der Waals surface area contributed by atoms with E-state index >= 15 is 0 Å². The van der Waals surface area contributed by atoms with Crippen molar-refractivity contribution in [2.45, 2.75) is 134 Å². The van der Waals surface area contributed by atoms with Crippen LogP contribution in [0, 0.1) is 0 Å². The molecular formula is C33H54O5Si2. The van der Waals surface area contributed by atoms with Crippen LogP contribution in [0.4, 0.5) is 0 Å². The predicted octanol–water partition coefficient (Wildman–Crippen LogP) is 8.47. The maximum absolute atomic E-state index is 7.00. The summed E-state index contributed by atoms with van der Waals surface area (Å²) in [6.07, 6.45) is 2.53. The van der Waals surface area contributed by atoms with Crippen LogP contribution < -0.4 is 0 Å². The van der Waals surface area contributed by atoms with E-state index in [1.54, 1.807) is 0 Å². The lowest BCUT2D eigenvalue weighted by Crippen LogP contribution is -2.56. The predicted molar refractivity (Wildman–Crippen MR) is 170 cm³/mol. The molecule has 0 saturated carbocycles. The van der Waals surface area contributed by atoms with Gasteiger partial charge < -0.3 is 23.1 Å². The smallest absolute Gasteiger partial charge is 0.192 e. The molecule has 224 valence electrons. The van der Waals surface area contributed by atoms with Crippen LogP contribution in [0.1, 0.15) is 66.4 Å². The molecule has 0 aromatic heterocycles. The van der Waals surface area contributed by atoms with E-state index in [1.807, 2.05) is 0 Å². The van der Waals surface area contributed by atoms with E-state index in [2.05, 4.69) is 110 Å². The average Bonchev–Trinajstić information content (AvgIpc) is 3.05. The first-order chi connectivity index (χ1) is 18.6. The summed E-state index contributed by atoms with van der Waals surface area (Å²) < 4.78 is 33.5. The van der Waals surface area contributed by atoms with Gasteiger partial charge in [-0.2, -0.15) is 0 Å². The van der Waals surface area contributed by atoms with Gasteiger partial charge in [0.2, 0.25) is 0 Å². The monoisotopic (exact) mass is 586 g/mol. The molecule has 7 heteroatoms. The van der Waals surface area contributed by atoms with Gasteiger partial charge in [-0.15, -0.1) is 0 Å². The summed E-state index contributed by atoms with van der Waals surface area (Å²) in [5.41, 5.74) is 1.20. The Balaban J connectivity index is 1.45. The highest BCUT2D eigenvalue weighted by Crippen LogP contribution is 2.42. The Hall–Kier alpha value is -1.07. The number of rotatable bonds is 8. The zero-order chi connectivity index (χ0) is 29.3. The van der Waals surface area contributed by atoms with Crippen molar-refractivity contribution in [2.75, 3.05) is 13.2 Å². The molecular weight excluding hydrogens is 533 g/mol. The highest BCUT2D eigenvalue weighted by molar-refractivity contribution is 6.74. The lowest BCUT2D eigenvalue weighted by atomic mass is 9.95. The summed E-state index contributed by atoms with van der Waals surface area (Å²) in [6.45, 7) is 24.9. The largest absolute Gasteiger partial charge is 0.414 e. The van der Waals surface area contributed by atoms with E-state index in [-0.39, 0.29) is 40.6 Å². The Bertz CT molecular complexity index is 1120. The van der Waals surface area contributed by atoms with Crippen molar-refractivity contribution in [3.63, 3.8) is 0 Å². The molecule has 2 aliphatic rings. The van der Waals surface area contributed by atoms with E-state index in [1.165, 1.54) is 16.3 Å². The molecule has 2 aromatic rings. The second-order valence-electron chi connectivity index (χ2n) is 15.0. The van der Waals surface area contributed by atoms with Crippen LogP contribution in [0.25, 0.3) is 10.8 Å². The Morgan fingerprint density at radius 1 is 0.825 bits per heavy atom. The first kappa shape index (κ1) is 31.9. The molecule has 2 fully saturated rings. The first-order valence-corrected chi connectivity index (χ1v) is 21.1. The fourth-order valence-electron chi connectivity index (χ4n) is 5.07. The number of ether oxygens (including phenoxy) is 3. The van der Waals surface area contributed by atoms with Crippen molar-refractivity contribution < 1.29 is 23.1 Å². The highest BCUT2D eigenvalue weighted by Gasteiger charge is 2.47. The van der Waals surface area contributed by atoms with Crippen LogP contribution in [-0.4, -0.2) is 60.4 Å². The molecule has 0 amide bonds. The first-order valence-electron chi connectivity index (χ1n) is 15.2. The molecule has 5 nitrogen and oxygen atoms in total. The Morgan fingerprint density at radius 3 is 2.17 bits per heavy atom. The number of hydrogen-bond acceptors (Lipinski definition) is 5. The molecule has 2 aliphatic heterocycles. The zero-order valence-electron chi connectivity index (χ0n) is 26.7. The standard InChI is InChI=1S/C33H54O5Si2/c1-32(2,3)39(7,8)36-23-31-30(38-40(9,10)33(4,5)6)21-28-29(37-31)20-27(17-18-34-28)35-22-24-15-16-25-13-11-12-14-26(25)19-24/h11-16,19,27-31H,17-18,20-23H2,1-10H3/t27-,28+,29-,30-,31+/m0/s1. The van der Waals surface area contributed by atoms with Crippen molar-refractivity contribution in [3.05, 3.63) is 48.0 Å². The molecule has 4 rings (SSSR count). The van der Waals surface area contributed by atoms with Gasteiger partial charge in [0.25, 0.3) is 0 Å². The number of fused-ring (bicyclic) bond motifs is 2. The van der Waals surface area contributed by atoms with E-state index in [0.717, 1.165) is 19.3 Å². The molecule has 2 aromatic carbocycles. The lowest BCUT2D eigenvalue weighted by Gasteiger charge is -2.47. The molecule has 40 heavy (non-hydrogen) atoms. The summed E-state index contributed by atoms with van der Waals surface area (Å²) in [7, 11) is -3.93. The molecule has 0 aliphatic carbocycles. The van der Waals surface area contributed by atoms with Crippen LogP contribution >= 0.6 is 0 Å². The molecule has 0 unspecified atom stereocenters. The van der Waals surface area contributed by atoms with Gasteiger partial charge in [-0.1, -0.05) is 77.9 Å². The van der Waals surface area contributed by atoms with Crippen molar-refractivity contribution >= 4 is 27.4 Å². The fourth-order valence-corrected chi connectivity index (χ4v) is 7.44. The number of hydrogen-bond donors (Lipinski definition) is 0. The third kappa shape index (κ3) is 7.65. The second-order valence-corrected chi connectivity index (χ2v) is 24.6. The fraction of sp³-hybridized carbons (Fsp3) is 0.697. The number of benzene rings is 2. The molecule has 0 bridgehead atoms. The average molecular weight is 587 g/mol. The van der Waals surface area contributed by atoms with Gasteiger partial charge >= 0.3 is 0 Å². The van der Waals surface area contributed by atoms with Crippen LogP contribution in [0.2, 0.25) is 36.3 Å². The summed E-state index contributed by atoms with van der Waals surface area (Å²) in [4.78, 5) is 0. The quantitative estimate of drug-likeness (QED) is 0.290. The van der Waals surface area contributed by atoms with Crippen molar-refractivity contribution in [2.24, 2.45) is 0 Å². The van der Waals surface area contributed by atoms with Gasteiger partial charge in [-0.25, -0.2) is 0 Å². The molecule has 2 heterocycles. The van der Waals surface area contributed by atoms with Gasteiger partial charge in [0.15, 0.2) is 16.6 Å². The summed E-state index contributed by atoms with van der Waals surface area (Å²) in [5.74, 6) is 0. The molecule has 0 radical (unpaired) electrons. The van der Waals surface area contributed by atoms with Crippen LogP contribution in [0.5, 0.6) is 0 Å². The summed E-state index contributed by atoms with van der Waals surface area (Å²) in [5, 5.41) is 2.78. The Labute approximate surface area is 245 Å². The lowest BCUT2D eigenvalue weighted by molar-refractivity contribution is -0.186. The van der Waals surface area contributed by atoms with E-state index in [4.69, 9.17) is 23.1 Å². The van der Waals surface area contributed by atoms with Gasteiger partial charge in [0, 0.05) is 19.4 Å². The minimum atomic E-state index is -2.00. The minimum Gasteiger partial charge on any atom is -0.414 e. The van der Waals surface area contributed by atoms with Crippen molar-refractivity contribution in [3.8, 4) is 0 Å². The van der Waals surface area contributed by atoms with Gasteiger partial charge in [0.05, 0.1) is 37.6 Å². The Morgan fingerprint density at radius 2 is 1.50 bits per heavy atom. The van der Waals surface area contributed by atoms with Gasteiger partial charge in [-0.3, -0.25) is 0 Å². The molecule has 5 atom stereocenters. The van der Waals surface area contributed by atoms with Crippen molar-refractivity contribution in [1.29, 1.82) is 0 Å². The van der Waals surface area contributed by atoms with E-state index in [9.17, 15) is 0 Å². The minimum absolute atomic E-state index is 0.0172. The highest BCUT2D eigenvalue weighted by atomic mass is 28.4. The summed E-state index contributed by atoms with van der Waals surface area (Å²) in [6, 6.07) is 15.1. The molecule has 0 spiro atoms. The topological polar surface area (TPSA) is 46.2 Å². The third-order valence-corrected chi connectivity index (χ3v) is 18.9. The molecule has 0 N–H and O–H groups in total. The van der Waals surface area contributed by atoms with Crippen molar-refractivity contribution in [1.82, 2.24) is 0 Å². The third-order valence-electron chi connectivity index (χ3n) is 9.88. The van der Waals surface area contributed by atoms with Crippen LogP contribution in [0.3, 0.4) is 0 Å². The van der Waals surface area contributed by atoms with E-state index in [0.29, 0.717) is 19.8 Å². The molecule has 2 saturated heterocycles. The SMILES string of the molecule is CC(C)(C)[Si](C)(C)OC[C@H]1O[C@H]2C[C@@H](OCc3ccc4ccccc4c3)CCO[C@@H]2C[C@@H]1O[Si](C)(C)C(C)(C)C. The van der Waals surface area contributed by atoms with Crippen LogP contribution in [0.15, 0.2) is 42.5 Å². The van der Waals surface area contributed by atoms with Gasteiger partial charge in [0.1, 0.15) is 6.10 Å². The van der Waals surface area contributed by atoms with Crippen LogP contribution in [-0.2, 0) is 29.7 Å². The Kier molecular flexibility index (Phi) is 9.78. The zero-order valence-corrected chi connectivity index (χ0v) is 28.7. The van der Waals surface area contributed by atoms with E-state index < -0.39 is 16.6 Å². The van der Waals surface area contributed by atoms with Gasteiger partial charge in [-0.05, 0) is 65.1 Å². The summed E-state index contributed by atoms with van der Waals surface area (Å²) >= 11 is 0. The normalized spacial score (nSPS) is 26.9. The maximum Gasteiger partial charge on any atom is 0.192 e.